The molecule has 0 spiro atoms. The lowest BCUT2D eigenvalue weighted by atomic mass is 10.1. The molecule has 1 unspecified atom stereocenters. The zero-order chi connectivity index (χ0) is 17.9. The van der Waals surface area contributed by atoms with Crippen LogP contribution >= 0.6 is 0 Å². The fraction of sp³-hybridized carbons (Fsp3) is 0.368. The molecular formula is C19H22N6O. The molecule has 7 nitrogen and oxygen atoms in total. The van der Waals surface area contributed by atoms with Gasteiger partial charge in [-0.05, 0) is 50.6 Å². The minimum atomic E-state index is 0.0222. The third-order valence-electron chi connectivity index (χ3n) is 4.98. The summed E-state index contributed by atoms with van der Waals surface area (Å²) in [5.74, 6) is 0.0222. The highest BCUT2D eigenvalue weighted by Crippen LogP contribution is 2.22. The van der Waals surface area contributed by atoms with Gasteiger partial charge in [0.1, 0.15) is 0 Å². The van der Waals surface area contributed by atoms with Gasteiger partial charge in [-0.2, -0.15) is 5.10 Å². The molecule has 3 aromatic heterocycles. The molecule has 4 rings (SSSR count). The molecule has 0 radical (unpaired) electrons. The highest BCUT2D eigenvalue weighted by atomic mass is 16.2. The van der Waals surface area contributed by atoms with Gasteiger partial charge in [0, 0.05) is 31.7 Å². The van der Waals surface area contributed by atoms with Crippen molar-refractivity contribution >= 4 is 11.6 Å². The Morgan fingerprint density at radius 2 is 2.15 bits per heavy atom. The monoisotopic (exact) mass is 350 g/mol. The van der Waals surface area contributed by atoms with Crippen LogP contribution in [0.3, 0.4) is 0 Å². The molecule has 0 aliphatic carbocycles. The quantitative estimate of drug-likeness (QED) is 0.782. The number of hydrogen-bond acceptors (Lipinski definition) is 5. The first kappa shape index (κ1) is 16.7. The molecule has 1 N–H and O–H groups in total. The minimum Gasteiger partial charge on any atom is -0.339 e. The SMILES string of the molecule is CN(C(=O)c1ccc(-c2cnn3cccnc23)nc1)C1CCCNCC1. The third-order valence-corrected chi connectivity index (χ3v) is 4.98. The Morgan fingerprint density at radius 3 is 3.00 bits per heavy atom. The number of aromatic nitrogens is 4. The molecule has 4 heterocycles. The van der Waals surface area contributed by atoms with Gasteiger partial charge in [0.25, 0.3) is 5.91 Å². The van der Waals surface area contributed by atoms with Crippen molar-refractivity contribution in [3.63, 3.8) is 0 Å². The molecule has 0 bridgehead atoms. The van der Waals surface area contributed by atoms with Gasteiger partial charge in [0.2, 0.25) is 0 Å². The van der Waals surface area contributed by atoms with Crippen LogP contribution in [0, 0.1) is 0 Å². The van der Waals surface area contributed by atoms with E-state index >= 15 is 0 Å². The molecule has 1 atom stereocenters. The van der Waals surface area contributed by atoms with Crippen LogP contribution in [-0.4, -0.2) is 56.6 Å². The number of nitrogens with zero attached hydrogens (tertiary/aromatic N) is 5. The van der Waals surface area contributed by atoms with Crippen LogP contribution in [0.4, 0.5) is 0 Å². The van der Waals surface area contributed by atoms with Crippen molar-refractivity contribution in [2.75, 3.05) is 20.1 Å². The van der Waals surface area contributed by atoms with Gasteiger partial charge in [0.15, 0.2) is 5.65 Å². The number of carbonyl (C=O) groups is 1. The maximum absolute atomic E-state index is 12.8. The Bertz CT molecular complexity index is 896. The number of rotatable bonds is 3. The molecule has 0 saturated carbocycles. The molecule has 26 heavy (non-hydrogen) atoms. The topological polar surface area (TPSA) is 75.4 Å². The molecule has 1 aliphatic heterocycles. The van der Waals surface area contributed by atoms with E-state index in [4.69, 9.17) is 0 Å². The Morgan fingerprint density at radius 1 is 1.23 bits per heavy atom. The van der Waals surface area contributed by atoms with Gasteiger partial charge < -0.3 is 10.2 Å². The molecule has 1 aliphatic rings. The van der Waals surface area contributed by atoms with Crippen molar-refractivity contribution in [1.82, 2.24) is 29.8 Å². The first-order chi connectivity index (χ1) is 12.7. The Balaban J connectivity index is 1.54. The van der Waals surface area contributed by atoms with Crippen LogP contribution in [0.2, 0.25) is 0 Å². The highest BCUT2D eigenvalue weighted by Gasteiger charge is 2.22. The average Bonchev–Trinajstić information content (AvgIpc) is 2.93. The van der Waals surface area contributed by atoms with E-state index < -0.39 is 0 Å². The minimum absolute atomic E-state index is 0.0222. The summed E-state index contributed by atoms with van der Waals surface area (Å²) in [5.41, 5.74) is 2.98. The van der Waals surface area contributed by atoms with Gasteiger partial charge in [-0.15, -0.1) is 0 Å². The van der Waals surface area contributed by atoms with E-state index in [1.54, 1.807) is 23.1 Å². The fourth-order valence-electron chi connectivity index (χ4n) is 3.45. The third kappa shape index (κ3) is 3.17. The van der Waals surface area contributed by atoms with Crippen molar-refractivity contribution in [2.24, 2.45) is 0 Å². The number of nitrogens with one attached hydrogen (secondary N) is 1. The fourth-order valence-corrected chi connectivity index (χ4v) is 3.45. The number of fused-ring (bicyclic) bond motifs is 1. The van der Waals surface area contributed by atoms with Gasteiger partial charge in [-0.3, -0.25) is 9.78 Å². The zero-order valence-electron chi connectivity index (χ0n) is 14.8. The van der Waals surface area contributed by atoms with Crippen LogP contribution in [0.25, 0.3) is 16.9 Å². The summed E-state index contributed by atoms with van der Waals surface area (Å²) in [4.78, 5) is 23.5. The summed E-state index contributed by atoms with van der Waals surface area (Å²) in [5, 5.41) is 7.67. The molecule has 3 aromatic rings. The highest BCUT2D eigenvalue weighted by molar-refractivity contribution is 5.94. The summed E-state index contributed by atoms with van der Waals surface area (Å²) < 4.78 is 1.71. The van der Waals surface area contributed by atoms with Crippen molar-refractivity contribution in [3.8, 4) is 11.3 Å². The van der Waals surface area contributed by atoms with E-state index in [1.807, 2.05) is 36.3 Å². The Kier molecular flexibility index (Phi) is 4.62. The second-order valence-electron chi connectivity index (χ2n) is 6.63. The normalized spacial score (nSPS) is 17.8. The average molecular weight is 350 g/mol. The molecular weight excluding hydrogens is 328 g/mol. The van der Waals surface area contributed by atoms with Crippen molar-refractivity contribution in [3.05, 3.63) is 48.5 Å². The van der Waals surface area contributed by atoms with Crippen molar-refractivity contribution < 1.29 is 4.79 Å². The first-order valence-corrected chi connectivity index (χ1v) is 8.97. The van der Waals surface area contributed by atoms with Gasteiger partial charge in [0.05, 0.1) is 23.0 Å². The van der Waals surface area contributed by atoms with Gasteiger partial charge in [-0.1, -0.05) is 0 Å². The van der Waals surface area contributed by atoms with Crippen molar-refractivity contribution in [2.45, 2.75) is 25.3 Å². The molecule has 134 valence electrons. The zero-order valence-corrected chi connectivity index (χ0v) is 14.8. The van der Waals surface area contributed by atoms with E-state index in [2.05, 4.69) is 20.4 Å². The van der Waals surface area contributed by atoms with Crippen LogP contribution < -0.4 is 5.32 Å². The standard InChI is InChI=1S/C19H22N6O/c1-24(15-4-2-8-20-10-7-15)19(26)14-5-6-17(22-12-14)16-13-23-25-11-3-9-21-18(16)25/h3,5-6,9,11-13,15,20H,2,4,7-8,10H2,1H3. The summed E-state index contributed by atoms with van der Waals surface area (Å²) in [6, 6.07) is 5.81. The smallest absolute Gasteiger partial charge is 0.255 e. The first-order valence-electron chi connectivity index (χ1n) is 8.97. The number of pyridine rings is 1. The van der Waals surface area contributed by atoms with Gasteiger partial charge >= 0.3 is 0 Å². The summed E-state index contributed by atoms with van der Waals surface area (Å²) in [6.07, 6.45) is 10.1. The summed E-state index contributed by atoms with van der Waals surface area (Å²) in [7, 11) is 1.89. The van der Waals surface area contributed by atoms with E-state index in [0.717, 1.165) is 49.3 Å². The van der Waals surface area contributed by atoms with E-state index in [-0.39, 0.29) is 11.9 Å². The molecule has 0 aromatic carbocycles. The lowest BCUT2D eigenvalue weighted by molar-refractivity contribution is 0.0720. The lowest BCUT2D eigenvalue weighted by Gasteiger charge is -2.27. The largest absolute Gasteiger partial charge is 0.339 e. The maximum atomic E-state index is 12.8. The molecule has 1 amide bonds. The Hall–Kier alpha value is -2.80. The number of carbonyl (C=O) groups excluding carboxylic acids is 1. The second-order valence-corrected chi connectivity index (χ2v) is 6.63. The number of hydrogen-bond donors (Lipinski definition) is 1. The van der Waals surface area contributed by atoms with Gasteiger partial charge in [-0.25, -0.2) is 9.50 Å². The van der Waals surface area contributed by atoms with E-state index in [1.165, 1.54) is 0 Å². The van der Waals surface area contributed by atoms with Crippen LogP contribution in [0.1, 0.15) is 29.6 Å². The predicted molar refractivity (Wildman–Crippen MR) is 98.8 cm³/mol. The summed E-state index contributed by atoms with van der Waals surface area (Å²) in [6.45, 7) is 1.99. The Labute approximate surface area is 152 Å². The van der Waals surface area contributed by atoms with Crippen molar-refractivity contribution in [1.29, 1.82) is 0 Å². The predicted octanol–water partition coefficient (Wildman–Crippen LogP) is 2.01. The van der Waals surface area contributed by atoms with E-state index in [9.17, 15) is 4.79 Å². The second kappa shape index (κ2) is 7.21. The van der Waals surface area contributed by atoms with E-state index in [0.29, 0.717) is 5.56 Å². The lowest BCUT2D eigenvalue weighted by Crippen LogP contribution is -2.37. The van der Waals surface area contributed by atoms with Crippen LogP contribution in [0.5, 0.6) is 0 Å². The number of amides is 1. The molecule has 7 heteroatoms. The van der Waals surface area contributed by atoms with Crippen LogP contribution in [-0.2, 0) is 0 Å². The molecule has 1 saturated heterocycles. The van der Waals surface area contributed by atoms with Crippen LogP contribution in [0.15, 0.2) is 43.0 Å². The molecule has 1 fully saturated rings. The summed E-state index contributed by atoms with van der Waals surface area (Å²) >= 11 is 0. The maximum Gasteiger partial charge on any atom is 0.255 e.